The van der Waals surface area contributed by atoms with Gasteiger partial charge in [-0.2, -0.15) is 5.26 Å². The molecule has 1 heterocycles. The molecule has 0 amide bonds. The third kappa shape index (κ3) is 3.56. The molecule has 0 saturated heterocycles. The first-order valence-corrected chi connectivity index (χ1v) is 10.7. The maximum absolute atomic E-state index is 12.8. The maximum atomic E-state index is 12.8. The van der Waals surface area contributed by atoms with Crippen molar-refractivity contribution in [2.45, 2.75) is 9.79 Å². The minimum absolute atomic E-state index is 0.0400. The first kappa shape index (κ1) is 18.6. The van der Waals surface area contributed by atoms with Crippen molar-refractivity contribution in [3.63, 3.8) is 0 Å². The Morgan fingerprint density at radius 2 is 1.37 bits per heavy atom. The summed E-state index contributed by atoms with van der Waals surface area (Å²) in [5, 5.41) is 9.38. The summed E-state index contributed by atoms with van der Waals surface area (Å²) >= 11 is 0. The molecule has 0 fully saturated rings. The van der Waals surface area contributed by atoms with Crippen molar-refractivity contribution in [3.8, 4) is 6.07 Å². The van der Waals surface area contributed by atoms with Gasteiger partial charge >= 0.3 is 0 Å². The number of nitriles is 1. The van der Waals surface area contributed by atoms with E-state index in [1.165, 1.54) is 42.6 Å². The number of sulfone groups is 1. The van der Waals surface area contributed by atoms with Gasteiger partial charge < -0.3 is 0 Å². The van der Waals surface area contributed by atoms with Crippen LogP contribution in [0.3, 0.4) is 0 Å². The summed E-state index contributed by atoms with van der Waals surface area (Å²) in [7, 11) is -7.98. The van der Waals surface area contributed by atoms with Gasteiger partial charge in [0, 0.05) is 6.20 Å². The molecule has 0 aliphatic heterocycles. The Labute approximate surface area is 157 Å². The van der Waals surface area contributed by atoms with Crippen LogP contribution in [0.4, 0.5) is 0 Å². The summed E-state index contributed by atoms with van der Waals surface area (Å²) in [4.78, 5) is -0.529. The van der Waals surface area contributed by atoms with Gasteiger partial charge in [0.25, 0.3) is 10.0 Å². The normalized spacial score (nSPS) is 12.5. The van der Waals surface area contributed by atoms with Gasteiger partial charge in [-0.15, -0.1) is 0 Å². The van der Waals surface area contributed by atoms with E-state index in [2.05, 4.69) is 0 Å². The van der Waals surface area contributed by atoms with E-state index in [1.54, 1.807) is 42.5 Å². The van der Waals surface area contributed by atoms with Crippen LogP contribution in [-0.2, 0) is 19.9 Å². The minimum atomic E-state index is -4.06. The Morgan fingerprint density at radius 3 is 1.93 bits per heavy atom. The van der Waals surface area contributed by atoms with Crippen LogP contribution >= 0.6 is 0 Å². The van der Waals surface area contributed by atoms with Crippen LogP contribution < -0.4 is 0 Å². The SMILES string of the molecule is N#C/C(=C\c1cccn1S(=O)(=O)c1ccccc1)S(=O)(=O)c1ccccc1. The Kier molecular flexibility index (Phi) is 4.99. The third-order valence-corrected chi connectivity index (χ3v) is 7.17. The molecular weight excluding hydrogens is 384 g/mol. The van der Waals surface area contributed by atoms with Gasteiger partial charge in [0.1, 0.15) is 6.07 Å². The van der Waals surface area contributed by atoms with Gasteiger partial charge in [0.05, 0.1) is 15.5 Å². The molecule has 3 rings (SSSR count). The van der Waals surface area contributed by atoms with Gasteiger partial charge in [0.2, 0.25) is 9.84 Å². The predicted molar refractivity (Wildman–Crippen MR) is 101 cm³/mol. The fourth-order valence-corrected chi connectivity index (χ4v) is 4.96. The standard InChI is InChI=1S/C19H14N2O4S2/c20-15-19(26(22,23)17-9-3-1-4-10-17)14-16-8-7-13-21(16)27(24,25)18-11-5-2-6-12-18/h1-14H/b19-14+. The molecule has 2 aromatic carbocycles. The second-order valence-corrected chi connectivity index (χ2v) is 9.22. The van der Waals surface area contributed by atoms with Gasteiger partial charge in [-0.3, -0.25) is 0 Å². The summed E-state index contributed by atoms with van der Waals surface area (Å²) in [6.45, 7) is 0. The molecule has 136 valence electrons. The predicted octanol–water partition coefficient (Wildman–Crippen LogP) is 3.06. The summed E-state index contributed by atoms with van der Waals surface area (Å²) in [6, 6.07) is 19.8. The molecule has 0 radical (unpaired) electrons. The van der Waals surface area contributed by atoms with E-state index in [0.29, 0.717) is 0 Å². The molecule has 0 N–H and O–H groups in total. The van der Waals surface area contributed by atoms with Crippen molar-refractivity contribution in [2.75, 3.05) is 0 Å². The lowest BCUT2D eigenvalue weighted by Crippen LogP contribution is -2.13. The zero-order valence-corrected chi connectivity index (χ0v) is 15.6. The third-order valence-electron chi connectivity index (χ3n) is 3.78. The van der Waals surface area contributed by atoms with Crippen LogP contribution in [0.1, 0.15) is 5.69 Å². The summed E-state index contributed by atoms with van der Waals surface area (Å²) in [5.41, 5.74) is 0.0647. The number of nitrogens with zero attached hydrogens (tertiary/aromatic N) is 2. The van der Waals surface area contributed by atoms with E-state index < -0.39 is 24.8 Å². The fraction of sp³-hybridized carbons (Fsp3) is 0. The molecule has 0 unspecified atom stereocenters. The number of hydrogen-bond acceptors (Lipinski definition) is 5. The highest BCUT2D eigenvalue weighted by molar-refractivity contribution is 7.95. The Bertz CT molecular complexity index is 1240. The van der Waals surface area contributed by atoms with Crippen LogP contribution in [0, 0.1) is 11.3 Å². The molecule has 0 spiro atoms. The molecule has 3 aromatic rings. The average molecular weight is 398 g/mol. The van der Waals surface area contributed by atoms with Crippen molar-refractivity contribution in [1.82, 2.24) is 3.97 Å². The Balaban J connectivity index is 2.12. The molecule has 0 aliphatic carbocycles. The highest BCUT2D eigenvalue weighted by atomic mass is 32.2. The van der Waals surface area contributed by atoms with Crippen molar-refractivity contribution in [3.05, 3.63) is 89.6 Å². The van der Waals surface area contributed by atoms with E-state index in [4.69, 9.17) is 0 Å². The minimum Gasteiger partial charge on any atom is -0.242 e. The molecule has 1 aromatic heterocycles. The van der Waals surface area contributed by atoms with E-state index in [9.17, 15) is 22.1 Å². The summed E-state index contributed by atoms with van der Waals surface area (Å²) < 4.78 is 51.9. The van der Waals surface area contributed by atoms with Crippen molar-refractivity contribution in [1.29, 1.82) is 5.26 Å². The van der Waals surface area contributed by atoms with Crippen LogP contribution in [-0.4, -0.2) is 20.8 Å². The molecule has 6 nitrogen and oxygen atoms in total. The Morgan fingerprint density at radius 1 is 0.815 bits per heavy atom. The largest absolute Gasteiger partial charge is 0.268 e. The van der Waals surface area contributed by atoms with Crippen LogP contribution in [0.25, 0.3) is 6.08 Å². The maximum Gasteiger partial charge on any atom is 0.268 e. The van der Waals surface area contributed by atoms with Gasteiger partial charge in [0.15, 0.2) is 4.91 Å². The second kappa shape index (κ2) is 7.23. The Hall–Kier alpha value is -3.15. The molecule has 0 bridgehead atoms. The number of allylic oxidation sites excluding steroid dienone is 1. The molecule has 27 heavy (non-hydrogen) atoms. The van der Waals surface area contributed by atoms with E-state index in [1.807, 2.05) is 0 Å². The van der Waals surface area contributed by atoms with E-state index in [-0.39, 0.29) is 15.5 Å². The van der Waals surface area contributed by atoms with E-state index in [0.717, 1.165) is 10.0 Å². The molecule has 0 saturated carbocycles. The fourth-order valence-electron chi connectivity index (χ4n) is 2.45. The topological polar surface area (TPSA) is 97.0 Å². The monoisotopic (exact) mass is 398 g/mol. The quantitative estimate of drug-likeness (QED) is 0.615. The molecule has 8 heteroatoms. The lowest BCUT2D eigenvalue weighted by molar-refractivity contribution is 0.587. The lowest BCUT2D eigenvalue weighted by Gasteiger charge is -2.09. The van der Waals surface area contributed by atoms with Gasteiger partial charge in [-0.25, -0.2) is 20.8 Å². The van der Waals surface area contributed by atoms with Crippen molar-refractivity contribution in [2.24, 2.45) is 0 Å². The van der Waals surface area contributed by atoms with E-state index >= 15 is 0 Å². The van der Waals surface area contributed by atoms with Crippen LogP contribution in [0.5, 0.6) is 0 Å². The molecular formula is C19H14N2O4S2. The average Bonchev–Trinajstić information content (AvgIpc) is 3.16. The lowest BCUT2D eigenvalue weighted by atomic mass is 10.4. The zero-order valence-electron chi connectivity index (χ0n) is 13.9. The first-order valence-electron chi connectivity index (χ1n) is 7.77. The van der Waals surface area contributed by atoms with Crippen molar-refractivity contribution < 1.29 is 16.8 Å². The van der Waals surface area contributed by atoms with Gasteiger partial charge in [-0.05, 0) is 42.5 Å². The number of hydrogen-bond donors (Lipinski definition) is 0. The molecule has 0 aliphatic rings. The zero-order chi connectivity index (χ0) is 19.5. The number of benzene rings is 2. The number of rotatable bonds is 5. The van der Waals surface area contributed by atoms with Crippen LogP contribution in [0.15, 0.2) is 93.7 Å². The first-order chi connectivity index (χ1) is 12.9. The highest BCUT2D eigenvalue weighted by Crippen LogP contribution is 2.23. The number of aromatic nitrogens is 1. The summed E-state index contributed by atoms with van der Waals surface area (Å²) in [5.74, 6) is 0. The highest BCUT2D eigenvalue weighted by Gasteiger charge is 2.23. The van der Waals surface area contributed by atoms with Gasteiger partial charge in [-0.1, -0.05) is 36.4 Å². The van der Waals surface area contributed by atoms with Crippen molar-refractivity contribution >= 4 is 25.9 Å². The molecule has 0 atom stereocenters. The smallest absolute Gasteiger partial charge is 0.242 e. The second-order valence-electron chi connectivity index (χ2n) is 5.48. The summed E-state index contributed by atoms with van der Waals surface area (Å²) in [6.07, 6.45) is 2.36. The van der Waals surface area contributed by atoms with Crippen LogP contribution in [0.2, 0.25) is 0 Å².